The van der Waals surface area contributed by atoms with Gasteiger partial charge in [0.2, 0.25) is 0 Å². The van der Waals surface area contributed by atoms with Gasteiger partial charge in [-0.1, -0.05) is 48.5 Å². The number of hydrogen-bond donors (Lipinski definition) is 2. The summed E-state index contributed by atoms with van der Waals surface area (Å²) >= 11 is 0. The minimum Gasteiger partial charge on any atom is -0.507 e. The van der Waals surface area contributed by atoms with E-state index in [9.17, 15) is 15.2 Å². The summed E-state index contributed by atoms with van der Waals surface area (Å²) in [5, 5.41) is 25.7. The van der Waals surface area contributed by atoms with Crippen LogP contribution < -0.4 is 0 Å². The average molecular weight is 528 g/mol. The van der Waals surface area contributed by atoms with Gasteiger partial charge in [-0.3, -0.25) is 0 Å². The van der Waals surface area contributed by atoms with Crippen LogP contribution >= 0.6 is 0 Å². The van der Waals surface area contributed by atoms with Crippen LogP contribution in [0.5, 0.6) is 0 Å². The Labute approximate surface area is 227 Å². The van der Waals surface area contributed by atoms with Gasteiger partial charge in [-0.25, -0.2) is 14.5 Å². The van der Waals surface area contributed by atoms with Gasteiger partial charge in [-0.15, -0.1) is 0 Å². The predicted molar refractivity (Wildman–Crippen MR) is 150 cm³/mol. The number of hydrogen-bond acceptors (Lipinski definition) is 7. The Bertz CT molecular complexity index is 1890. The van der Waals surface area contributed by atoms with Crippen molar-refractivity contribution < 1.29 is 19.1 Å². The molecule has 0 aliphatic rings. The standard InChI is InChI=1S/C31H21N5O4/c32-17-23(31-33-24-11-5-6-12-25(24)34-31)26(37)19-39-29(38)15-14-21-18-36(22-9-2-1-3-10-22)35-30(21)28-16-20-8-4-7-13-27(20)40-28/h1-16,18,37H,19H2,(H,33,34)/b15-14+,26-23-. The third-order valence-corrected chi connectivity index (χ3v) is 6.20. The second-order valence-corrected chi connectivity index (χ2v) is 8.84. The number of aliphatic hydroxyl groups is 1. The fourth-order valence-corrected chi connectivity index (χ4v) is 4.26. The number of nitrogens with zero attached hydrogens (tertiary/aromatic N) is 4. The molecular formula is C31H21N5O4. The van der Waals surface area contributed by atoms with Crippen LogP contribution in [0.2, 0.25) is 0 Å². The molecule has 0 amide bonds. The van der Waals surface area contributed by atoms with Crippen LogP contribution in [0.1, 0.15) is 11.4 Å². The largest absolute Gasteiger partial charge is 0.507 e. The maximum atomic E-state index is 12.6. The second-order valence-electron chi connectivity index (χ2n) is 8.84. The number of H-pyrrole nitrogens is 1. The molecule has 3 heterocycles. The first-order chi connectivity index (χ1) is 19.6. The molecule has 2 N–H and O–H groups in total. The van der Waals surface area contributed by atoms with Crippen LogP contribution in [0, 0.1) is 11.3 Å². The van der Waals surface area contributed by atoms with Crippen molar-refractivity contribution in [2.45, 2.75) is 0 Å². The summed E-state index contributed by atoms with van der Waals surface area (Å²) in [7, 11) is 0. The zero-order valence-corrected chi connectivity index (χ0v) is 21.0. The highest BCUT2D eigenvalue weighted by Crippen LogP contribution is 2.30. The minimum atomic E-state index is -0.712. The normalized spacial score (nSPS) is 12.1. The number of aromatic nitrogens is 4. The van der Waals surface area contributed by atoms with Gasteiger partial charge in [0, 0.05) is 23.2 Å². The first kappa shape index (κ1) is 24.5. The van der Waals surface area contributed by atoms with Gasteiger partial charge < -0.3 is 19.2 Å². The number of ether oxygens (including phenoxy) is 1. The van der Waals surface area contributed by atoms with Crippen molar-refractivity contribution in [3.63, 3.8) is 0 Å². The van der Waals surface area contributed by atoms with Crippen molar-refractivity contribution in [3.05, 3.63) is 114 Å². The number of nitriles is 1. The van der Waals surface area contributed by atoms with Gasteiger partial charge in [0.25, 0.3) is 0 Å². The summed E-state index contributed by atoms with van der Waals surface area (Å²) in [4.78, 5) is 19.9. The highest BCUT2D eigenvalue weighted by molar-refractivity contribution is 5.90. The number of nitrogens with one attached hydrogen (secondary N) is 1. The highest BCUT2D eigenvalue weighted by Gasteiger charge is 2.17. The summed E-state index contributed by atoms with van der Waals surface area (Å²) in [6, 6.07) is 28.3. The van der Waals surface area contributed by atoms with Crippen LogP contribution in [0.3, 0.4) is 0 Å². The fourth-order valence-electron chi connectivity index (χ4n) is 4.26. The van der Waals surface area contributed by atoms with E-state index in [4.69, 9.17) is 14.3 Å². The third kappa shape index (κ3) is 4.85. The van der Waals surface area contributed by atoms with Gasteiger partial charge in [-0.05, 0) is 42.5 Å². The number of aliphatic hydroxyl groups excluding tert-OH is 1. The lowest BCUT2D eigenvalue weighted by molar-refractivity contribution is -0.137. The number of rotatable bonds is 7. The van der Waals surface area contributed by atoms with E-state index in [0.717, 1.165) is 16.7 Å². The van der Waals surface area contributed by atoms with Crippen molar-refractivity contribution in [1.82, 2.24) is 19.7 Å². The Kier molecular flexibility index (Phi) is 6.40. The third-order valence-electron chi connectivity index (χ3n) is 6.20. The molecule has 9 heteroatoms. The van der Waals surface area contributed by atoms with Gasteiger partial charge in [0.05, 0.1) is 16.7 Å². The van der Waals surface area contributed by atoms with E-state index in [1.165, 1.54) is 6.08 Å². The number of imidazole rings is 1. The molecule has 0 saturated heterocycles. The molecule has 0 aliphatic carbocycles. The maximum Gasteiger partial charge on any atom is 0.331 e. The number of fused-ring (bicyclic) bond motifs is 2. The molecule has 3 aromatic carbocycles. The molecule has 6 aromatic rings. The Hall–Kier alpha value is -5.88. The first-order valence-corrected chi connectivity index (χ1v) is 12.4. The predicted octanol–water partition coefficient (Wildman–Crippen LogP) is 6.21. The van der Waals surface area contributed by atoms with E-state index in [1.807, 2.05) is 84.9 Å². The molecule has 0 spiro atoms. The number of esters is 1. The highest BCUT2D eigenvalue weighted by atomic mass is 16.5. The Balaban J connectivity index is 1.24. The molecule has 194 valence electrons. The summed E-state index contributed by atoms with van der Waals surface area (Å²) in [6.07, 6.45) is 4.59. The van der Waals surface area contributed by atoms with Crippen LogP contribution in [0.4, 0.5) is 0 Å². The lowest BCUT2D eigenvalue weighted by atomic mass is 10.2. The van der Waals surface area contributed by atoms with E-state index in [0.29, 0.717) is 28.1 Å². The Morgan fingerprint density at radius 3 is 2.65 bits per heavy atom. The SMILES string of the molecule is N#C/C(=C(/O)COC(=O)/C=C/c1cn(-c2ccccc2)nc1-c1cc2ccccc2o1)c1nc2ccccc2[nH]1. The molecule has 0 radical (unpaired) electrons. The molecule has 0 atom stereocenters. The number of aromatic amines is 1. The van der Waals surface area contributed by atoms with Crippen molar-refractivity contribution >= 4 is 39.6 Å². The van der Waals surface area contributed by atoms with E-state index in [-0.39, 0.29) is 11.4 Å². The molecule has 0 bridgehead atoms. The first-order valence-electron chi connectivity index (χ1n) is 12.4. The molecule has 0 unspecified atom stereocenters. The van der Waals surface area contributed by atoms with Gasteiger partial charge >= 0.3 is 5.97 Å². The molecule has 6 rings (SSSR count). The van der Waals surface area contributed by atoms with E-state index < -0.39 is 18.3 Å². The van der Waals surface area contributed by atoms with Crippen LogP contribution in [-0.4, -0.2) is 37.4 Å². The summed E-state index contributed by atoms with van der Waals surface area (Å²) in [5.74, 6) is -0.384. The van der Waals surface area contributed by atoms with E-state index in [2.05, 4.69) is 9.97 Å². The second kappa shape index (κ2) is 10.5. The summed E-state index contributed by atoms with van der Waals surface area (Å²) in [5.41, 5.74) is 3.99. The molecule has 0 saturated carbocycles. The molecule has 3 aromatic heterocycles. The van der Waals surface area contributed by atoms with E-state index >= 15 is 0 Å². The smallest absolute Gasteiger partial charge is 0.331 e. The summed E-state index contributed by atoms with van der Waals surface area (Å²) < 4.78 is 12.9. The Morgan fingerprint density at radius 2 is 1.85 bits per heavy atom. The lowest BCUT2D eigenvalue weighted by Crippen LogP contribution is -2.06. The monoisotopic (exact) mass is 527 g/mol. The average Bonchev–Trinajstić information content (AvgIpc) is 3.72. The molecular weight excluding hydrogens is 506 g/mol. The molecule has 0 fully saturated rings. The number of benzene rings is 3. The molecule has 0 aliphatic heterocycles. The van der Waals surface area contributed by atoms with Gasteiger partial charge in [0.1, 0.15) is 29.5 Å². The molecule has 40 heavy (non-hydrogen) atoms. The molecule has 9 nitrogen and oxygen atoms in total. The number of carbonyl (C=O) groups is 1. The fraction of sp³-hybridized carbons (Fsp3) is 0.0323. The Morgan fingerprint density at radius 1 is 1.07 bits per heavy atom. The zero-order valence-electron chi connectivity index (χ0n) is 21.0. The number of furan rings is 1. The number of allylic oxidation sites excluding steroid dienone is 1. The maximum absolute atomic E-state index is 12.6. The minimum absolute atomic E-state index is 0.107. The van der Waals surface area contributed by atoms with Crippen molar-refractivity contribution in [2.24, 2.45) is 0 Å². The van der Waals surface area contributed by atoms with Crippen molar-refractivity contribution in [1.29, 1.82) is 5.26 Å². The van der Waals surface area contributed by atoms with Crippen LogP contribution in [-0.2, 0) is 9.53 Å². The number of para-hydroxylation sites is 4. The van der Waals surface area contributed by atoms with Crippen molar-refractivity contribution in [2.75, 3.05) is 6.61 Å². The van der Waals surface area contributed by atoms with Gasteiger partial charge in [0.15, 0.2) is 17.3 Å². The van der Waals surface area contributed by atoms with Gasteiger partial charge in [-0.2, -0.15) is 10.4 Å². The quantitative estimate of drug-likeness (QED) is 0.109. The summed E-state index contributed by atoms with van der Waals surface area (Å²) in [6.45, 7) is -0.497. The van der Waals surface area contributed by atoms with Crippen LogP contribution in [0.15, 0.2) is 107 Å². The van der Waals surface area contributed by atoms with Crippen molar-refractivity contribution in [3.8, 4) is 23.2 Å². The zero-order chi connectivity index (χ0) is 27.5. The number of carbonyl (C=O) groups excluding carboxylic acids is 1. The topological polar surface area (TPSA) is 130 Å². The van der Waals surface area contributed by atoms with E-state index in [1.54, 1.807) is 23.0 Å². The lowest BCUT2D eigenvalue weighted by Gasteiger charge is -2.03. The van der Waals surface area contributed by atoms with Crippen LogP contribution in [0.25, 0.3) is 50.8 Å².